The van der Waals surface area contributed by atoms with Crippen molar-refractivity contribution in [1.82, 2.24) is 4.90 Å². The fourth-order valence-electron chi connectivity index (χ4n) is 2.27. The first-order valence-electron chi connectivity index (χ1n) is 6.40. The third-order valence-electron chi connectivity index (χ3n) is 3.25. The van der Waals surface area contributed by atoms with Crippen LogP contribution < -0.4 is 5.73 Å². The van der Waals surface area contributed by atoms with E-state index in [1.165, 1.54) is 0 Å². The molecule has 1 rings (SSSR count). The van der Waals surface area contributed by atoms with Crippen molar-refractivity contribution in [3.05, 3.63) is 0 Å². The Morgan fingerprint density at radius 3 is 2.75 bits per heavy atom. The van der Waals surface area contributed by atoms with Gasteiger partial charge in [-0.15, -0.1) is 0 Å². The topological polar surface area (TPSA) is 66.6 Å². The highest BCUT2D eigenvalue weighted by molar-refractivity contribution is 5.76. The van der Waals surface area contributed by atoms with Gasteiger partial charge in [-0.1, -0.05) is 12.8 Å². The van der Waals surface area contributed by atoms with Crippen molar-refractivity contribution in [3.63, 3.8) is 0 Å². The van der Waals surface area contributed by atoms with Gasteiger partial charge in [0.1, 0.15) is 0 Å². The monoisotopic (exact) mass is 228 g/mol. The Balaban J connectivity index is 2.14. The molecule has 3 N–H and O–H groups in total. The zero-order chi connectivity index (χ0) is 11.8. The molecule has 1 aliphatic rings. The summed E-state index contributed by atoms with van der Waals surface area (Å²) in [6, 6.07) is 0.0801. The molecule has 4 nitrogen and oxygen atoms in total. The number of carbonyl (C=O) groups excluding carboxylic acids is 1. The Morgan fingerprint density at radius 1 is 1.31 bits per heavy atom. The van der Waals surface area contributed by atoms with E-state index in [0.717, 1.165) is 51.6 Å². The zero-order valence-corrected chi connectivity index (χ0v) is 10.0. The van der Waals surface area contributed by atoms with Crippen molar-refractivity contribution in [2.24, 2.45) is 5.73 Å². The number of nitrogens with two attached hydrogens (primary N) is 1. The molecule has 0 radical (unpaired) electrons. The molecular weight excluding hydrogens is 204 g/mol. The Labute approximate surface area is 97.8 Å². The van der Waals surface area contributed by atoms with E-state index in [1.807, 2.05) is 4.90 Å². The second kappa shape index (κ2) is 7.63. The molecule has 1 amide bonds. The minimum absolute atomic E-state index is 0.0801. The largest absolute Gasteiger partial charge is 0.394 e. The molecule has 1 saturated heterocycles. The van der Waals surface area contributed by atoms with Crippen LogP contribution in [0, 0.1) is 0 Å². The number of rotatable bonds is 7. The average Bonchev–Trinajstić information content (AvgIpc) is 2.76. The average molecular weight is 228 g/mol. The molecule has 1 heterocycles. The van der Waals surface area contributed by atoms with Crippen LogP contribution >= 0.6 is 0 Å². The maximum absolute atomic E-state index is 11.8. The summed E-state index contributed by atoms with van der Waals surface area (Å²) in [5, 5.41) is 9.12. The Hall–Kier alpha value is -0.610. The SMILES string of the molecule is NCCCCCCC(=O)N1CCC[C@H]1CO. The molecule has 1 aliphatic heterocycles. The number of aliphatic hydroxyl groups is 1. The molecule has 0 spiro atoms. The van der Waals surface area contributed by atoms with Gasteiger partial charge in [-0.3, -0.25) is 4.79 Å². The lowest BCUT2D eigenvalue weighted by atomic mass is 10.1. The maximum Gasteiger partial charge on any atom is 0.222 e. The summed E-state index contributed by atoms with van der Waals surface area (Å²) in [4.78, 5) is 13.7. The number of amides is 1. The van der Waals surface area contributed by atoms with Crippen LogP contribution in [0.2, 0.25) is 0 Å². The quantitative estimate of drug-likeness (QED) is 0.636. The van der Waals surface area contributed by atoms with Gasteiger partial charge in [-0.2, -0.15) is 0 Å². The highest BCUT2D eigenvalue weighted by Crippen LogP contribution is 2.18. The van der Waals surface area contributed by atoms with Gasteiger partial charge in [0.25, 0.3) is 0 Å². The minimum atomic E-state index is 0.0801. The normalized spacial score (nSPS) is 20.4. The number of unbranched alkanes of at least 4 members (excludes halogenated alkanes) is 3. The van der Waals surface area contributed by atoms with Crippen molar-refractivity contribution in [2.45, 2.75) is 51.0 Å². The number of hydrogen-bond donors (Lipinski definition) is 2. The molecule has 1 fully saturated rings. The predicted octanol–water partition coefficient (Wildman–Crippen LogP) is 0.879. The summed E-state index contributed by atoms with van der Waals surface area (Å²) >= 11 is 0. The van der Waals surface area contributed by atoms with E-state index in [-0.39, 0.29) is 18.6 Å². The Bertz CT molecular complexity index is 209. The predicted molar refractivity (Wildman–Crippen MR) is 64.0 cm³/mol. The van der Waals surface area contributed by atoms with Gasteiger partial charge in [0.15, 0.2) is 0 Å². The van der Waals surface area contributed by atoms with Gasteiger partial charge < -0.3 is 15.7 Å². The van der Waals surface area contributed by atoms with Crippen LogP contribution in [0.5, 0.6) is 0 Å². The fraction of sp³-hybridized carbons (Fsp3) is 0.917. The maximum atomic E-state index is 11.8. The summed E-state index contributed by atoms with van der Waals surface area (Å²) in [6.07, 6.45) is 6.82. The van der Waals surface area contributed by atoms with Gasteiger partial charge in [-0.05, 0) is 32.2 Å². The molecule has 0 aliphatic carbocycles. The summed E-state index contributed by atoms with van der Waals surface area (Å²) in [5.74, 6) is 0.212. The standard InChI is InChI=1S/C12H24N2O2/c13-8-4-2-1-3-7-12(16)14-9-5-6-11(14)10-15/h11,15H,1-10,13H2/t11-/m0/s1. The first kappa shape index (κ1) is 13.5. The van der Waals surface area contributed by atoms with Crippen molar-refractivity contribution in [2.75, 3.05) is 19.7 Å². The number of aliphatic hydroxyl groups excluding tert-OH is 1. The lowest BCUT2D eigenvalue weighted by molar-refractivity contribution is -0.132. The second-order valence-corrected chi connectivity index (χ2v) is 4.52. The van der Waals surface area contributed by atoms with Crippen LogP contribution in [0.25, 0.3) is 0 Å². The van der Waals surface area contributed by atoms with Crippen molar-refractivity contribution in [1.29, 1.82) is 0 Å². The van der Waals surface area contributed by atoms with Gasteiger partial charge in [0.2, 0.25) is 5.91 Å². The van der Waals surface area contributed by atoms with Gasteiger partial charge in [0, 0.05) is 13.0 Å². The molecule has 0 aromatic rings. The first-order chi connectivity index (χ1) is 7.79. The second-order valence-electron chi connectivity index (χ2n) is 4.52. The van der Waals surface area contributed by atoms with Crippen LogP contribution in [0.3, 0.4) is 0 Å². The summed E-state index contributed by atoms with van der Waals surface area (Å²) < 4.78 is 0. The summed E-state index contributed by atoms with van der Waals surface area (Å²) in [5.41, 5.74) is 5.40. The van der Waals surface area contributed by atoms with Crippen molar-refractivity contribution < 1.29 is 9.90 Å². The van der Waals surface area contributed by atoms with Gasteiger partial charge in [0.05, 0.1) is 12.6 Å². The highest BCUT2D eigenvalue weighted by atomic mass is 16.3. The molecule has 0 aromatic carbocycles. The molecule has 0 bridgehead atoms. The molecular formula is C12H24N2O2. The van der Waals surface area contributed by atoms with Crippen LogP contribution in [0.4, 0.5) is 0 Å². The van der Waals surface area contributed by atoms with Crippen molar-refractivity contribution >= 4 is 5.91 Å². The number of hydrogen-bond acceptors (Lipinski definition) is 3. The molecule has 0 aromatic heterocycles. The minimum Gasteiger partial charge on any atom is -0.394 e. The smallest absolute Gasteiger partial charge is 0.222 e. The van der Waals surface area contributed by atoms with Crippen LogP contribution in [0.1, 0.15) is 44.9 Å². The zero-order valence-electron chi connectivity index (χ0n) is 10.0. The van der Waals surface area contributed by atoms with Crippen molar-refractivity contribution in [3.8, 4) is 0 Å². The number of nitrogens with zero attached hydrogens (tertiary/aromatic N) is 1. The van der Waals surface area contributed by atoms with E-state index >= 15 is 0 Å². The van der Waals surface area contributed by atoms with Gasteiger partial charge in [-0.25, -0.2) is 0 Å². The lowest BCUT2D eigenvalue weighted by Gasteiger charge is -2.22. The van der Waals surface area contributed by atoms with E-state index in [9.17, 15) is 4.79 Å². The van der Waals surface area contributed by atoms with Crippen LogP contribution in [0.15, 0.2) is 0 Å². The van der Waals surface area contributed by atoms with Gasteiger partial charge >= 0.3 is 0 Å². The highest BCUT2D eigenvalue weighted by Gasteiger charge is 2.27. The first-order valence-corrected chi connectivity index (χ1v) is 6.40. The van der Waals surface area contributed by atoms with E-state index in [0.29, 0.717) is 6.42 Å². The lowest BCUT2D eigenvalue weighted by Crippen LogP contribution is -2.37. The Morgan fingerprint density at radius 2 is 2.06 bits per heavy atom. The molecule has 4 heteroatoms. The van der Waals surface area contributed by atoms with E-state index < -0.39 is 0 Å². The number of likely N-dealkylation sites (tertiary alicyclic amines) is 1. The van der Waals surface area contributed by atoms with Crippen LogP contribution in [-0.2, 0) is 4.79 Å². The summed E-state index contributed by atoms with van der Waals surface area (Å²) in [6.45, 7) is 1.68. The molecule has 0 unspecified atom stereocenters. The Kier molecular flexibility index (Phi) is 6.42. The molecule has 94 valence electrons. The third kappa shape index (κ3) is 4.10. The van der Waals surface area contributed by atoms with Crippen LogP contribution in [-0.4, -0.2) is 41.7 Å². The third-order valence-corrected chi connectivity index (χ3v) is 3.25. The fourth-order valence-corrected chi connectivity index (χ4v) is 2.27. The molecule has 0 saturated carbocycles. The van der Waals surface area contributed by atoms with E-state index in [1.54, 1.807) is 0 Å². The van der Waals surface area contributed by atoms with E-state index in [4.69, 9.17) is 10.8 Å². The molecule has 1 atom stereocenters. The molecule has 16 heavy (non-hydrogen) atoms. The van der Waals surface area contributed by atoms with E-state index in [2.05, 4.69) is 0 Å². The summed E-state index contributed by atoms with van der Waals surface area (Å²) in [7, 11) is 0. The number of carbonyl (C=O) groups is 1.